The van der Waals surface area contributed by atoms with Crippen molar-refractivity contribution >= 4 is 39.0 Å². The number of nitrogens with one attached hydrogen (secondary N) is 2. The van der Waals surface area contributed by atoms with Crippen molar-refractivity contribution < 1.29 is 9.47 Å². The van der Waals surface area contributed by atoms with E-state index in [4.69, 9.17) is 31.0 Å². The molecular weight excluding hydrogens is 482 g/mol. The third-order valence-corrected chi connectivity index (χ3v) is 7.12. The fourth-order valence-corrected chi connectivity index (χ4v) is 5.32. The van der Waals surface area contributed by atoms with Gasteiger partial charge in [-0.25, -0.2) is 9.97 Å². The van der Waals surface area contributed by atoms with Crippen molar-refractivity contribution in [1.29, 1.82) is 0 Å². The van der Waals surface area contributed by atoms with E-state index in [1.54, 1.807) is 11.3 Å². The summed E-state index contributed by atoms with van der Waals surface area (Å²) < 4.78 is 12.3. The molecule has 0 saturated carbocycles. The highest BCUT2D eigenvalue weighted by atomic mass is 35.5. The Morgan fingerprint density at radius 2 is 1.97 bits per heavy atom. The number of anilines is 1. The molecule has 0 amide bonds. The molecule has 1 aliphatic heterocycles. The van der Waals surface area contributed by atoms with Crippen LogP contribution in [0.5, 0.6) is 11.5 Å². The molecule has 0 radical (unpaired) electrons. The molecule has 1 aromatic carbocycles. The first-order chi connectivity index (χ1) is 16.6. The van der Waals surface area contributed by atoms with E-state index >= 15 is 0 Å². The Morgan fingerprint density at radius 1 is 1.17 bits per heavy atom. The molecule has 35 heavy (non-hydrogen) atoms. The summed E-state index contributed by atoms with van der Waals surface area (Å²) in [5.74, 6) is 1.37. The van der Waals surface area contributed by atoms with E-state index in [9.17, 15) is 0 Å². The Balaban J connectivity index is 1.62. The molecule has 0 aliphatic carbocycles. The number of nitrogens with zero attached hydrogens (tertiary/aromatic N) is 3. The highest BCUT2D eigenvalue weighted by molar-refractivity contribution is 7.14. The van der Waals surface area contributed by atoms with E-state index in [-0.39, 0.29) is 11.6 Å². The van der Waals surface area contributed by atoms with E-state index in [1.807, 2.05) is 37.4 Å². The second kappa shape index (κ2) is 10.9. The molecule has 2 N–H and O–H groups in total. The van der Waals surface area contributed by atoms with Crippen molar-refractivity contribution in [1.82, 2.24) is 20.2 Å². The van der Waals surface area contributed by atoms with Gasteiger partial charge < -0.3 is 20.1 Å². The van der Waals surface area contributed by atoms with E-state index in [0.29, 0.717) is 28.9 Å². The lowest BCUT2D eigenvalue weighted by Gasteiger charge is -2.42. The summed E-state index contributed by atoms with van der Waals surface area (Å²) in [4.78, 5) is 12.1. The van der Waals surface area contributed by atoms with Gasteiger partial charge in [0, 0.05) is 54.6 Å². The van der Waals surface area contributed by atoms with Crippen LogP contribution in [0.15, 0.2) is 23.6 Å². The Morgan fingerprint density at radius 3 is 2.69 bits per heavy atom. The third kappa shape index (κ3) is 6.17. The average Bonchev–Trinajstić information content (AvgIpc) is 3.24. The Kier molecular flexibility index (Phi) is 8.06. The molecule has 2 aromatic heterocycles. The number of hydrogen-bond acceptors (Lipinski definition) is 8. The fraction of sp³-hybridized carbons (Fsp3) is 0.538. The molecule has 9 heteroatoms. The summed E-state index contributed by atoms with van der Waals surface area (Å²) in [5.41, 5.74) is 2.27. The minimum Gasteiger partial charge on any atom is -0.491 e. The summed E-state index contributed by atoms with van der Waals surface area (Å²) in [7, 11) is 0. The van der Waals surface area contributed by atoms with Gasteiger partial charge in [0.15, 0.2) is 5.13 Å². The van der Waals surface area contributed by atoms with Crippen LogP contribution >= 0.6 is 22.9 Å². The molecule has 1 aliphatic rings. The van der Waals surface area contributed by atoms with Crippen LogP contribution in [0.3, 0.4) is 0 Å². The van der Waals surface area contributed by atoms with Crippen molar-refractivity contribution in [3.8, 4) is 22.9 Å². The van der Waals surface area contributed by atoms with Gasteiger partial charge in [-0.1, -0.05) is 11.6 Å². The second-order valence-electron chi connectivity index (χ2n) is 10.1. The van der Waals surface area contributed by atoms with Crippen molar-refractivity contribution in [2.24, 2.45) is 0 Å². The fourth-order valence-electron chi connectivity index (χ4n) is 4.21. The SMILES string of the molecule is CC(C)Nc1nc(-c2cc(OC(C)C)c3ccc(OCCN4CCNCC4(C)C)c(Cl)c3n2)cs1. The predicted molar refractivity (Wildman–Crippen MR) is 146 cm³/mol. The molecule has 0 atom stereocenters. The maximum Gasteiger partial charge on any atom is 0.183 e. The maximum absolute atomic E-state index is 6.86. The quantitative estimate of drug-likeness (QED) is 0.378. The number of piperazine rings is 1. The zero-order valence-corrected chi connectivity index (χ0v) is 23.0. The molecule has 1 fully saturated rings. The number of pyridine rings is 1. The van der Waals surface area contributed by atoms with Crippen LogP contribution in [0, 0.1) is 0 Å². The van der Waals surface area contributed by atoms with E-state index < -0.39 is 0 Å². The van der Waals surface area contributed by atoms with Crippen molar-refractivity contribution in [3.05, 3.63) is 28.6 Å². The molecule has 3 aromatic rings. The number of thiazole rings is 1. The monoisotopic (exact) mass is 517 g/mol. The Hall–Kier alpha value is -2.13. The minimum absolute atomic E-state index is 0.0131. The molecule has 0 bridgehead atoms. The standard InChI is InChI=1S/C26H36ClN5O2S/c1-16(2)29-25-31-20(14-35-25)19-13-22(34-17(3)4)18-7-8-21(23(27)24(18)30-19)33-12-11-32-10-9-28-15-26(32,5)6/h7-8,13-14,16-17,28H,9-12,15H2,1-6H3,(H,29,31). The topological polar surface area (TPSA) is 71.5 Å². The lowest BCUT2D eigenvalue weighted by atomic mass is 10.0. The average molecular weight is 518 g/mol. The van der Waals surface area contributed by atoms with E-state index in [2.05, 4.69) is 43.2 Å². The van der Waals surface area contributed by atoms with Gasteiger partial charge in [0.05, 0.1) is 17.3 Å². The molecule has 0 spiro atoms. The largest absolute Gasteiger partial charge is 0.491 e. The smallest absolute Gasteiger partial charge is 0.183 e. The number of benzene rings is 1. The van der Waals surface area contributed by atoms with E-state index in [1.165, 1.54) is 0 Å². The van der Waals surface area contributed by atoms with Crippen LogP contribution in [0.1, 0.15) is 41.5 Å². The first-order valence-electron chi connectivity index (χ1n) is 12.2. The van der Waals surface area contributed by atoms with Gasteiger partial charge in [-0.15, -0.1) is 11.3 Å². The lowest BCUT2D eigenvalue weighted by Crippen LogP contribution is -2.58. The predicted octanol–water partition coefficient (Wildman–Crippen LogP) is 5.68. The van der Waals surface area contributed by atoms with Crippen molar-refractivity contribution in [2.75, 3.05) is 38.1 Å². The molecule has 190 valence electrons. The number of rotatable bonds is 9. The molecule has 1 saturated heterocycles. The van der Waals surface area contributed by atoms with Crippen LogP contribution in [0.4, 0.5) is 5.13 Å². The number of ether oxygens (including phenoxy) is 2. The Labute approximate surface area is 217 Å². The molecule has 7 nitrogen and oxygen atoms in total. The summed E-state index contributed by atoms with van der Waals surface area (Å²) >= 11 is 8.42. The first-order valence-corrected chi connectivity index (χ1v) is 13.5. The molecule has 0 unspecified atom stereocenters. The first kappa shape index (κ1) is 25.9. The van der Waals surface area contributed by atoms with Gasteiger partial charge in [-0.05, 0) is 53.7 Å². The van der Waals surface area contributed by atoms with Gasteiger partial charge in [-0.2, -0.15) is 0 Å². The highest BCUT2D eigenvalue weighted by Crippen LogP contribution is 2.39. The summed E-state index contributed by atoms with van der Waals surface area (Å²) in [6, 6.07) is 6.14. The number of aromatic nitrogens is 2. The number of fused-ring (bicyclic) bond motifs is 1. The minimum atomic E-state index is 0.0131. The number of halogens is 1. The van der Waals surface area contributed by atoms with Crippen LogP contribution in [0.2, 0.25) is 5.02 Å². The van der Waals surface area contributed by atoms with Gasteiger partial charge >= 0.3 is 0 Å². The maximum atomic E-state index is 6.86. The van der Waals surface area contributed by atoms with Crippen LogP contribution in [-0.2, 0) is 0 Å². The second-order valence-corrected chi connectivity index (χ2v) is 11.3. The highest BCUT2D eigenvalue weighted by Gasteiger charge is 2.29. The van der Waals surface area contributed by atoms with Crippen molar-refractivity contribution in [2.45, 2.75) is 59.2 Å². The van der Waals surface area contributed by atoms with Gasteiger partial charge in [0.1, 0.15) is 28.8 Å². The zero-order valence-electron chi connectivity index (χ0n) is 21.4. The summed E-state index contributed by atoms with van der Waals surface area (Å²) in [5, 5.41) is 11.0. The third-order valence-electron chi connectivity index (χ3n) is 5.98. The van der Waals surface area contributed by atoms with Crippen LogP contribution in [-0.4, -0.2) is 65.3 Å². The summed E-state index contributed by atoms with van der Waals surface area (Å²) in [6.45, 7) is 17.1. The van der Waals surface area contributed by atoms with E-state index in [0.717, 1.165) is 53.8 Å². The normalized spacial score (nSPS) is 16.3. The van der Waals surface area contributed by atoms with Gasteiger partial charge in [0.2, 0.25) is 0 Å². The van der Waals surface area contributed by atoms with Gasteiger partial charge in [0.25, 0.3) is 0 Å². The van der Waals surface area contributed by atoms with Crippen LogP contribution in [0.25, 0.3) is 22.3 Å². The number of hydrogen-bond donors (Lipinski definition) is 2. The van der Waals surface area contributed by atoms with Gasteiger partial charge in [-0.3, -0.25) is 4.90 Å². The molecule has 4 rings (SSSR count). The van der Waals surface area contributed by atoms with Crippen molar-refractivity contribution in [3.63, 3.8) is 0 Å². The molecular formula is C26H36ClN5O2S. The lowest BCUT2D eigenvalue weighted by molar-refractivity contribution is 0.0744. The zero-order chi connectivity index (χ0) is 25.2. The van der Waals surface area contributed by atoms with Crippen LogP contribution < -0.4 is 20.1 Å². The Bertz CT molecular complexity index is 1160. The molecule has 3 heterocycles. The summed E-state index contributed by atoms with van der Waals surface area (Å²) in [6.07, 6.45) is 0.0131.